The van der Waals surface area contributed by atoms with Gasteiger partial charge in [-0.15, -0.1) is 0 Å². The van der Waals surface area contributed by atoms with Gasteiger partial charge in [-0.2, -0.15) is 0 Å². The van der Waals surface area contributed by atoms with Gasteiger partial charge in [0.05, 0.1) is 6.04 Å². The summed E-state index contributed by atoms with van der Waals surface area (Å²) < 4.78 is 12.5. The first-order valence-electron chi connectivity index (χ1n) is 4.22. The van der Waals surface area contributed by atoms with Crippen molar-refractivity contribution in [1.29, 1.82) is 0 Å². The van der Waals surface area contributed by atoms with Crippen LogP contribution < -0.4 is 5.32 Å². The third-order valence-corrected chi connectivity index (χ3v) is 1.81. The Labute approximate surface area is 72.6 Å². The molecule has 1 aromatic rings. The molecule has 1 rings (SSSR count). The molecule has 12 heavy (non-hydrogen) atoms. The van der Waals surface area contributed by atoms with Crippen LogP contribution in [0.15, 0.2) is 30.3 Å². The summed E-state index contributed by atoms with van der Waals surface area (Å²) in [6.07, 6.45) is 0. The van der Waals surface area contributed by atoms with Crippen LogP contribution in [0.4, 0.5) is 4.39 Å². The summed E-state index contributed by atoms with van der Waals surface area (Å²) in [5.74, 6) is 0. The molecule has 2 heteroatoms. The SMILES string of the molecule is CCNC(CF)c1ccccc1. The molecule has 1 atom stereocenters. The van der Waals surface area contributed by atoms with Crippen molar-refractivity contribution in [2.75, 3.05) is 13.2 Å². The van der Waals surface area contributed by atoms with Gasteiger partial charge in [0.25, 0.3) is 0 Å². The Morgan fingerprint density at radius 1 is 1.33 bits per heavy atom. The molecule has 0 spiro atoms. The van der Waals surface area contributed by atoms with Crippen LogP contribution in [0, 0.1) is 0 Å². The third-order valence-electron chi connectivity index (χ3n) is 1.81. The van der Waals surface area contributed by atoms with Crippen molar-refractivity contribution >= 4 is 0 Å². The highest BCUT2D eigenvalue weighted by Crippen LogP contribution is 2.11. The molecule has 0 saturated heterocycles. The maximum Gasteiger partial charge on any atom is 0.109 e. The molecule has 1 N–H and O–H groups in total. The average Bonchev–Trinajstić information content (AvgIpc) is 2.15. The normalized spacial score (nSPS) is 12.8. The van der Waals surface area contributed by atoms with Crippen LogP contribution in [-0.2, 0) is 0 Å². The van der Waals surface area contributed by atoms with E-state index >= 15 is 0 Å². The molecule has 0 fully saturated rings. The highest BCUT2D eigenvalue weighted by atomic mass is 19.1. The minimum absolute atomic E-state index is 0.142. The number of hydrogen-bond donors (Lipinski definition) is 1. The lowest BCUT2D eigenvalue weighted by Crippen LogP contribution is -2.22. The third kappa shape index (κ3) is 2.31. The Bertz CT molecular complexity index is 210. The number of benzene rings is 1. The predicted molar refractivity (Wildman–Crippen MR) is 48.8 cm³/mol. The lowest BCUT2D eigenvalue weighted by molar-refractivity contribution is 0.387. The van der Waals surface area contributed by atoms with Crippen LogP contribution >= 0.6 is 0 Å². The number of nitrogens with one attached hydrogen (secondary N) is 1. The second-order valence-corrected chi connectivity index (χ2v) is 2.68. The maximum atomic E-state index is 12.5. The van der Waals surface area contributed by atoms with E-state index in [2.05, 4.69) is 5.32 Å². The van der Waals surface area contributed by atoms with Crippen LogP contribution in [0.2, 0.25) is 0 Å². The van der Waals surface area contributed by atoms with Gasteiger partial charge in [-0.25, -0.2) is 4.39 Å². The van der Waals surface area contributed by atoms with Crippen LogP contribution in [0.1, 0.15) is 18.5 Å². The Kier molecular flexibility index (Phi) is 3.74. The predicted octanol–water partition coefficient (Wildman–Crippen LogP) is 2.31. The van der Waals surface area contributed by atoms with Gasteiger partial charge in [-0.3, -0.25) is 0 Å². The topological polar surface area (TPSA) is 12.0 Å². The first-order chi connectivity index (χ1) is 5.88. The van der Waals surface area contributed by atoms with Gasteiger partial charge in [0.1, 0.15) is 6.67 Å². The van der Waals surface area contributed by atoms with Gasteiger partial charge in [0, 0.05) is 0 Å². The highest BCUT2D eigenvalue weighted by molar-refractivity contribution is 5.18. The van der Waals surface area contributed by atoms with Crippen molar-refractivity contribution in [3.63, 3.8) is 0 Å². The van der Waals surface area contributed by atoms with Gasteiger partial charge in [-0.1, -0.05) is 37.3 Å². The van der Waals surface area contributed by atoms with Gasteiger partial charge >= 0.3 is 0 Å². The molecule has 0 bridgehead atoms. The van der Waals surface area contributed by atoms with E-state index < -0.39 is 0 Å². The van der Waals surface area contributed by atoms with Crippen LogP contribution in [0.3, 0.4) is 0 Å². The zero-order valence-corrected chi connectivity index (χ0v) is 7.26. The van der Waals surface area contributed by atoms with E-state index in [1.165, 1.54) is 0 Å². The van der Waals surface area contributed by atoms with E-state index in [1.807, 2.05) is 37.3 Å². The van der Waals surface area contributed by atoms with Crippen molar-refractivity contribution in [3.05, 3.63) is 35.9 Å². The van der Waals surface area contributed by atoms with E-state index in [1.54, 1.807) is 0 Å². The van der Waals surface area contributed by atoms with Crippen LogP contribution in [0.5, 0.6) is 0 Å². The molecule has 1 unspecified atom stereocenters. The summed E-state index contributed by atoms with van der Waals surface area (Å²) in [5.41, 5.74) is 1.02. The smallest absolute Gasteiger partial charge is 0.109 e. The molecular formula is C10H14FN. The molecule has 1 nitrogen and oxygen atoms in total. The Hall–Kier alpha value is -0.890. The quantitative estimate of drug-likeness (QED) is 0.725. The van der Waals surface area contributed by atoms with Crippen molar-refractivity contribution in [3.8, 4) is 0 Å². The van der Waals surface area contributed by atoms with Gasteiger partial charge in [0.2, 0.25) is 0 Å². The number of halogens is 1. The monoisotopic (exact) mass is 167 g/mol. The molecular weight excluding hydrogens is 153 g/mol. The van der Waals surface area contributed by atoms with Crippen molar-refractivity contribution in [1.82, 2.24) is 5.32 Å². The lowest BCUT2D eigenvalue weighted by Gasteiger charge is -2.13. The largest absolute Gasteiger partial charge is 0.308 e. The summed E-state index contributed by atoms with van der Waals surface area (Å²) in [6.45, 7) is 2.42. The summed E-state index contributed by atoms with van der Waals surface area (Å²) >= 11 is 0. The maximum absolute atomic E-state index is 12.5. The minimum atomic E-state index is -0.349. The molecule has 0 aliphatic heterocycles. The van der Waals surface area contributed by atoms with E-state index in [-0.39, 0.29) is 12.7 Å². The van der Waals surface area contributed by atoms with E-state index in [0.717, 1.165) is 12.1 Å². The van der Waals surface area contributed by atoms with Gasteiger partial charge in [-0.05, 0) is 12.1 Å². The first kappa shape index (κ1) is 9.20. The molecule has 1 aromatic carbocycles. The second-order valence-electron chi connectivity index (χ2n) is 2.68. The van der Waals surface area contributed by atoms with Crippen LogP contribution in [0.25, 0.3) is 0 Å². The Morgan fingerprint density at radius 3 is 2.50 bits per heavy atom. The summed E-state index contributed by atoms with van der Waals surface area (Å²) in [7, 11) is 0. The molecule has 0 aliphatic carbocycles. The summed E-state index contributed by atoms with van der Waals surface area (Å²) in [5, 5.41) is 3.07. The van der Waals surface area contributed by atoms with E-state index in [4.69, 9.17) is 0 Å². The van der Waals surface area contributed by atoms with Crippen LogP contribution in [-0.4, -0.2) is 13.2 Å². The fraction of sp³-hybridized carbons (Fsp3) is 0.400. The average molecular weight is 167 g/mol. The molecule has 66 valence electrons. The minimum Gasteiger partial charge on any atom is -0.308 e. The molecule has 0 amide bonds. The van der Waals surface area contributed by atoms with E-state index in [9.17, 15) is 4.39 Å². The number of hydrogen-bond acceptors (Lipinski definition) is 1. The lowest BCUT2D eigenvalue weighted by atomic mass is 10.1. The van der Waals surface area contributed by atoms with Crippen molar-refractivity contribution < 1.29 is 4.39 Å². The zero-order valence-electron chi connectivity index (χ0n) is 7.26. The number of rotatable bonds is 4. The van der Waals surface area contributed by atoms with Crippen molar-refractivity contribution in [2.24, 2.45) is 0 Å². The molecule has 0 saturated carbocycles. The first-order valence-corrected chi connectivity index (χ1v) is 4.22. The summed E-state index contributed by atoms with van der Waals surface area (Å²) in [4.78, 5) is 0. The highest BCUT2D eigenvalue weighted by Gasteiger charge is 2.07. The zero-order chi connectivity index (χ0) is 8.81. The molecule has 0 heterocycles. The van der Waals surface area contributed by atoms with Gasteiger partial charge < -0.3 is 5.32 Å². The number of alkyl halides is 1. The van der Waals surface area contributed by atoms with Crippen molar-refractivity contribution in [2.45, 2.75) is 13.0 Å². The Morgan fingerprint density at radius 2 is 2.00 bits per heavy atom. The molecule has 0 aliphatic rings. The Balaban J connectivity index is 2.66. The fourth-order valence-corrected chi connectivity index (χ4v) is 1.19. The van der Waals surface area contributed by atoms with Gasteiger partial charge in [0.15, 0.2) is 0 Å². The molecule has 0 radical (unpaired) electrons. The second kappa shape index (κ2) is 4.88. The summed E-state index contributed by atoms with van der Waals surface area (Å²) in [6, 6.07) is 9.52. The standard InChI is InChI=1S/C10H14FN/c1-2-12-10(8-11)9-6-4-3-5-7-9/h3-7,10,12H,2,8H2,1H3. The fourth-order valence-electron chi connectivity index (χ4n) is 1.19. The molecule has 0 aromatic heterocycles. The van der Waals surface area contributed by atoms with E-state index in [0.29, 0.717) is 0 Å².